The summed E-state index contributed by atoms with van der Waals surface area (Å²) >= 11 is 0. The molecule has 110 valence electrons. The van der Waals surface area contributed by atoms with Gasteiger partial charge in [0.1, 0.15) is 5.75 Å². The standard InChI is InChI=1S/C15H22N2O3/c1-19-14-4-3-11(8-16)7-13(14)10-17-6-5-12(9-17)15(18)20-2/h3-4,7,12H,5-6,8-10,16H2,1-2H3. The second-order valence-electron chi connectivity index (χ2n) is 5.09. The van der Waals surface area contributed by atoms with E-state index in [0.717, 1.165) is 42.9 Å². The van der Waals surface area contributed by atoms with Crippen LogP contribution in [0.2, 0.25) is 0 Å². The molecule has 1 aliphatic heterocycles. The zero-order valence-corrected chi connectivity index (χ0v) is 12.1. The highest BCUT2D eigenvalue weighted by Gasteiger charge is 2.29. The Bertz CT molecular complexity index is 476. The van der Waals surface area contributed by atoms with Crippen molar-refractivity contribution in [3.63, 3.8) is 0 Å². The van der Waals surface area contributed by atoms with Crippen molar-refractivity contribution in [3.05, 3.63) is 29.3 Å². The van der Waals surface area contributed by atoms with Gasteiger partial charge in [-0.25, -0.2) is 0 Å². The van der Waals surface area contributed by atoms with Crippen molar-refractivity contribution in [2.45, 2.75) is 19.5 Å². The maximum absolute atomic E-state index is 11.5. The molecule has 1 saturated heterocycles. The van der Waals surface area contributed by atoms with Gasteiger partial charge in [0.2, 0.25) is 0 Å². The molecular weight excluding hydrogens is 256 g/mol. The van der Waals surface area contributed by atoms with E-state index in [2.05, 4.69) is 11.0 Å². The molecule has 1 heterocycles. The van der Waals surface area contributed by atoms with Gasteiger partial charge in [-0.05, 0) is 30.7 Å². The first kappa shape index (κ1) is 14.8. The molecule has 1 aromatic carbocycles. The fourth-order valence-corrected chi connectivity index (χ4v) is 2.66. The highest BCUT2D eigenvalue weighted by Crippen LogP contribution is 2.25. The van der Waals surface area contributed by atoms with E-state index in [1.54, 1.807) is 7.11 Å². The SMILES string of the molecule is COC(=O)C1CCN(Cc2cc(CN)ccc2OC)C1. The zero-order valence-electron chi connectivity index (χ0n) is 12.1. The Morgan fingerprint density at radius 2 is 2.25 bits per heavy atom. The molecule has 5 heteroatoms. The number of hydrogen-bond acceptors (Lipinski definition) is 5. The van der Waals surface area contributed by atoms with E-state index in [4.69, 9.17) is 15.2 Å². The Morgan fingerprint density at radius 1 is 1.45 bits per heavy atom. The maximum Gasteiger partial charge on any atom is 0.310 e. The average molecular weight is 278 g/mol. The van der Waals surface area contributed by atoms with Crippen molar-refractivity contribution in [2.75, 3.05) is 27.3 Å². The van der Waals surface area contributed by atoms with Gasteiger partial charge in [-0.15, -0.1) is 0 Å². The van der Waals surface area contributed by atoms with E-state index in [1.807, 2.05) is 12.1 Å². The number of esters is 1. The molecular formula is C15H22N2O3. The number of likely N-dealkylation sites (tertiary alicyclic amines) is 1. The molecule has 1 fully saturated rings. The van der Waals surface area contributed by atoms with E-state index in [-0.39, 0.29) is 11.9 Å². The Labute approximate surface area is 119 Å². The number of rotatable bonds is 5. The monoisotopic (exact) mass is 278 g/mol. The average Bonchev–Trinajstić information content (AvgIpc) is 2.94. The van der Waals surface area contributed by atoms with Gasteiger partial charge in [0.25, 0.3) is 0 Å². The number of hydrogen-bond donors (Lipinski definition) is 1. The topological polar surface area (TPSA) is 64.8 Å². The number of benzene rings is 1. The quantitative estimate of drug-likeness (QED) is 0.819. The molecule has 1 atom stereocenters. The van der Waals surface area contributed by atoms with Crippen molar-refractivity contribution < 1.29 is 14.3 Å². The summed E-state index contributed by atoms with van der Waals surface area (Å²) in [5.41, 5.74) is 7.88. The third-order valence-corrected chi connectivity index (χ3v) is 3.78. The summed E-state index contributed by atoms with van der Waals surface area (Å²) in [7, 11) is 3.11. The predicted octanol–water partition coefficient (Wildman–Crippen LogP) is 1.15. The Hall–Kier alpha value is -1.59. The molecule has 0 radical (unpaired) electrons. The van der Waals surface area contributed by atoms with Crippen LogP contribution in [0.5, 0.6) is 5.75 Å². The Morgan fingerprint density at radius 3 is 2.90 bits per heavy atom. The number of ether oxygens (including phenoxy) is 2. The molecule has 2 N–H and O–H groups in total. The number of nitrogens with two attached hydrogens (primary N) is 1. The van der Waals surface area contributed by atoms with Crippen molar-refractivity contribution >= 4 is 5.97 Å². The summed E-state index contributed by atoms with van der Waals surface area (Å²) in [6.45, 7) is 2.92. The second-order valence-corrected chi connectivity index (χ2v) is 5.09. The summed E-state index contributed by atoms with van der Waals surface area (Å²) in [4.78, 5) is 13.8. The van der Waals surface area contributed by atoms with Crippen LogP contribution in [0.15, 0.2) is 18.2 Å². The van der Waals surface area contributed by atoms with E-state index in [0.29, 0.717) is 6.54 Å². The summed E-state index contributed by atoms with van der Waals surface area (Å²) in [5, 5.41) is 0. The van der Waals surface area contributed by atoms with Crippen molar-refractivity contribution in [3.8, 4) is 5.75 Å². The molecule has 1 unspecified atom stereocenters. The van der Waals surface area contributed by atoms with Crippen LogP contribution < -0.4 is 10.5 Å². The first-order chi connectivity index (χ1) is 9.67. The lowest BCUT2D eigenvalue weighted by Crippen LogP contribution is -2.24. The lowest BCUT2D eigenvalue weighted by molar-refractivity contribution is -0.144. The van der Waals surface area contributed by atoms with Crippen LogP contribution in [0.1, 0.15) is 17.5 Å². The maximum atomic E-state index is 11.5. The highest BCUT2D eigenvalue weighted by atomic mass is 16.5. The van der Waals surface area contributed by atoms with Crippen LogP contribution in [0.3, 0.4) is 0 Å². The van der Waals surface area contributed by atoms with Crippen molar-refractivity contribution in [2.24, 2.45) is 11.7 Å². The van der Waals surface area contributed by atoms with E-state index >= 15 is 0 Å². The molecule has 0 saturated carbocycles. The zero-order chi connectivity index (χ0) is 14.5. The van der Waals surface area contributed by atoms with Crippen LogP contribution >= 0.6 is 0 Å². The minimum atomic E-state index is -0.116. The smallest absolute Gasteiger partial charge is 0.310 e. The number of carbonyl (C=O) groups is 1. The molecule has 5 nitrogen and oxygen atoms in total. The third-order valence-electron chi connectivity index (χ3n) is 3.78. The minimum Gasteiger partial charge on any atom is -0.496 e. The Kier molecular flexibility index (Phi) is 4.98. The van der Waals surface area contributed by atoms with Crippen LogP contribution in [0.4, 0.5) is 0 Å². The molecule has 0 aliphatic carbocycles. The predicted molar refractivity (Wildman–Crippen MR) is 76.3 cm³/mol. The van der Waals surface area contributed by atoms with Crippen molar-refractivity contribution in [1.29, 1.82) is 0 Å². The van der Waals surface area contributed by atoms with Gasteiger partial charge in [0, 0.05) is 25.2 Å². The molecule has 20 heavy (non-hydrogen) atoms. The molecule has 0 aromatic heterocycles. The van der Waals surface area contributed by atoms with E-state index < -0.39 is 0 Å². The van der Waals surface area contributed by atoms with Crippen LogP contribution in [-0.4, -0.2) is 38.2 Å². The first-order valence-corrected chi connectivity index (χ1v) is 6.84. The summed E-state index contributed by atoms with van der Waals surface area (Å²) in [6.07, 6.45) is 0.853. The fourth-order valence-electron chi connectivity index (χ4n) is 2.66. The summed E-state index contributed by atoms with van der Waals surface area (Å²) in [6, 6.07) is 6.00. The second kappa shape index (κ2) is 6.72. The molecule has 0 spiro atoms. The van der Waals surface area contributed by atoms with E-state index in [1.165, 1.54) is 7.11 Å². The van der Waals surface area contributed by atoms with Gasteiger partial charge in [-0.1, -0.05) is 6.07 Å². The van der Waals surface area contributed by atoms with Gasteiger partial charge < -0.3 is 15.2 Å². The van der Waals surface area contributed by atoms with Gasteiger partial charge in [-0.2, -0.15) is 0 Å². The molecule has 1 aliphatic rings. The van der Waals surface area contributed by atoms with Crippen molar-refractivity contribution in [1.82, 2.24) is 4.90 Å². The molecule has 2 rings (SSSR count). The lowest BCUT2D eigenvalue weighted by atomic mass is 10.1. The minimum absolute atomic E-state index is 0.0105. The fraction of sp³-hybridized carbons (Fsp3) is 0.533. The lowest BCUT2D eigenvalue weighted by Gasteiger charge is -2.18. The molecule has 0 amide bonds. The summed E-state index contributed by atoms with van der Waals surface area (Å²) in [5.74, 6) is 0.738. The number of carbonyl (C=O) groups excluding carboxylic acids is 1. The molecule has 1 aromatic rings. The van der Waals surface area contributed by atoms with E-state index in [9.17, 15) is 4.79 Å². The number of nitrogens with zero attached hydrogens (tertiary/aromatic N) is 1. The van der Waals surface area contributed by atoms with Gasteiger partial charge in [-0.3, -0.25) is 9.69 Å². The van der Waals surface area contributed by atoms with Gasteiger partial charge in [0.05, 0.1) is 20.1 Å². The molecule has 0 bridgehead atoms. The van der Waals surface area contributed by atoms with Crippen LogP contribution in [0.25, 0.3) is 0 Å². The third kappa shape index (κ3) is 3.29. The highest BCUT2D eigenvalue weighted by molar-refractivity contribution is 5.72. The van der Waals surface area contributed by atoms with Crippen LogP contribution in [-0.2, 0) is 22.6 Å². The normalized spacial score (nSPS) is 19.1. The van der Waals surface area contributed by atoms with Gasteiger partial charge in [0.15, 0.2) is 0 Å². The van der Waals surface area contributed by atoms with Gasteiger partial charge >= 0.3 is 5.97 Å². The number of methoxy groups -OCH3 is 2. The Balaban J connectivity index is 2.05. The largest absolute Gasteiger partial charge is 0.496 e. The van der Waals surface area contributed by atoms with Crippen LogP contribution in [0, 0.1) is 5.92 Å². The summed E-state index contributed by atoms with van der Waals surface area (Å²) < 4.78 is 10.2. The first-order valence-electron chi connectivity index (χ1n) is 6.84.